The lowest BCUT2D eigenvalue weighted by molar-refractivity contribution is -0.127. The second kappa shape index (κ2) is 6.77. The van der Waals surface area contributed by atoms with E-state index in [1.165, 1.54) is 4.90 Å². The highest BCUT2D eigenvalue weighted by Gasteiger charge is 2.36. The summed E-state index contributed by atoms with van der Waals surface area (Å²) in [5, 5.41) is 1.81. The summed E-state index contributed by atoms with van der Waals surface area (Å²) in [6.45, 7) is 3.90. The first-order valence-corrected chi connectivity index (χ1v) is 10.7. The summed E-state index contributed by atoms with van der Waals surface area (Å²) in [7, 11) is -2.12. The highest BCUT2D eigenvalue weighted by atomic mass is 32.2. The van der Waals surface area contributed by atoms with Gasteiger partial charge in [0.25, 0.3) is 10.0 Å². The van der Waals surface area contributed by atoms with E-state index in [1.54, 1.807) is 43.4 Å². The molecule has 1 aliphatic heterocycles. The molecule has 0 spiro atoms. The molecule has 1 N–H and O–H groups in total. The summed E-state index contributed by atoms with van der Waals surface area (Å²) in [4.78, 5) is 14.4. The third-order valence-electron chi connectivity index (χ3n) is 5.08. The smallest absolute Gasteiger partial charge is 0.261 e. The van der Waals surface area contributed by atoms with Crippen molar-refractivity contribution in [2.24, 2.45) is 5.41 Å². The first-order chi connectivity index (χ1) is 13.7. The van der Waals surface area contributed by atoms with Gasteiger partial charge in [0.1, 0.15) is 12.4 Å². The number of carbonyl (C=O) groups excluding carboxylic acids is 1. The molecule has 0 radical (unpaired) electrons. The van der Waals surface area contributed by atoms with Crippen LogP contribution in [-0.2, 0) is 14.8 Å². The molecule has 150 valence electrons. The van der Waals surface area contributed by atoms with Crippen LogP contribution in [0, 0.1) is 5.41 Å². The van der Waals surface area contributed by atoms with Gasteiger partial charge in [-0.2, -0.15) is 0 Å². The molecule has 6 nitrogen and oxygen atoms in total. The topological polar surface area (TPSA) is 75.7 Å². The predicted octanol–water partition coefficient (Wildman–Crippen LogP) is 4.02. The van der Waals surface area contributed by atoms with Gasteiger partial charge in [0, 0.05) is 7.05 Å². The van der Waals surface area contributed by atoms with Crippen LogP contribution in [0.25, 0.3) is 10.8 Å². The fourth-order valence-corrected chi connectivity index (χ4v) is 4.48. The molecular formula is C22H22N2O4S. The molecule has 0 bridgehead atoms. The fourth-order valence-electron chi connectivity index (χ4n) is 3.40. The van der Waals surface area contributed by atoms with E-state index in [9.17, 15) is 13.2 Å². The van der Waals surface area contributed by atoms with Crippen LogP contribution in [0.2, 0.25) is 0 Å². The minimum absolute atomic E-state index is 0.0919. The molecule has 0 aromatic heterocycles. The zero-order chi connectivity index (χ0) is 20.8. The molecule has 0 fully saturated rings. The average Bonchev–Trinajstić information content (AvgIpc) is 2.78. The molecular weight excluding hydrogens is 388 g/mol. The highest BCUT2D eigenvalue weighted by Crippen LogP contribution is 2.37. The standard InChI is InChI=1S/C22H22N2O4S/c1-22(2)14-28-20-11-9-17(13-19(20)24(3)21(22)25)23-29(26,27)18-10-8-15-6-4-5-7-16(15)12-18/h4-13,23H,14H2,1-3H3. The molecule has 1 aliphatic rings. The molecule has 0 saturated heterocycles. The number of nitrogens with zero attached hydrogens (tertiary/aromatic N) is 1. The summed E-state index contributed by atoms with van der Waals surface area (Å²) in [5.74, 6) is 0.450. The van der Waals surface area contributed by atoms with Crippen molar-refractivity contribution in [1.82, 2.24) is 0 Å². The number of hydrogen-bond acceptors (Lipinski definition) is 4. The molecule has 0 unspecified atom stereocenters. The number of amides is 1. The maximum absolute atomic E-state index is 12.9. The van der Waals surface area contributed by atoms with E-state index >= 15 is 0 Å². The summed E-state index contributed by atoms with van der Waals surface area (Å²) < 4.78 is 34.2. The van der Waals surface area contributed by atoms with E-state index in [2.05, 4.69) is 4.72 Å². The van der Waals surface area contributed by atoms with Crippen molar-refractivity contribution < 1.29 is 17.9 Å². The lowest BCUT2D eigenvalue weighted by atomic mass is 9.93. The molecule has 0 saturated carbocycles. The molecule has 4 rings (SSSR count). The Morgan fingerprint density at radius 1 is 1.00 bits per heavy atom. The van der Waals surface area contributed by atoms with E-state index in [1.807, 2.05) is 38.1 Å². The van der Waals surface area contributed by atoms with Gasteiger partial charge < -0.3 is 9.64 Å². The lowest BCUT2D eigenvalue weighted by Gasteiger charge is -2.24. The summed E-state index contributed by atoms with van der Waals surface area (Å²) in [6.07, 6.45) is 0. The molecule has 3 aromatic rings. The largest absolute Gasteiger partial charge is 0.490 e. The van der Waals surface area contributed by atoms with Crippen molar-refractivity contribution in [3.8, 4) is 5.75 Å². The van der Waals surface area contributed by atoms with Gasteiger partial charge in [-0.3, -0.25) is 9.52 Å². The van der Waals surface area contributed by atoms with Crippen molar-refractivity contribution in [2.75, 3.05) is 23.3 Å². The minimum Gasteiger partial charge on any atom is -0.490 e. The van der Waals surface area contributed by atoms with Crippen molar-refractivity contribution in [2.45, 2.75) is 18.7 Å². The van der Waals surface area contributed by atoms with E-state index in [4.69, 9.17) is 4.74 Å². The maximum atomic E-state index is 12.9. The number of fused-ring (bicyclic) bond motifs is 2. The maximum Gasteiger partial charge on any atom is 0.261 e. The van der Waals surface area contributed by atoms with Crippen molar-refractivity contribution >= 4 is 38.1 Å². The van der Waals surface area contributed by atoms with Crippen LogP contribution in [0.4, 0.5) is 11.4 Å². The number of hydrogen-bond donors (Lipinski definition) is 1. The normalized spacial score (nSPS) is 16.1. The number of anilines is 2. The number of rotatable bonds is 3. The van der Waals surface area contributed by atoms with Crippen LogP contribution < -0.4 is 14.4 Å². The Balaban J connectivity index is 1.68. The third-order valence-corrected chi connectivity index (χ3v) is 6.45. The average molecular weight is 410 g/mol. The number of nitrogens with one attached hydrogen (secondary N) is 1. The minimum atomic E-state index is -3.79. The predicted molar refractivity (Wildman–Crippen MR) is 114 cm³/mol. The van der Waals surface area contributed by atoms with Crippen LogP contribution >= 0.6 is 0 Å². The fraction of sp³-hybridized carbons (Fsp3) is 0.227. The Bertz CT molecular complexity index is 1220. The molecule has 29 heavy (non-hydrogen) atoms. The summed E-state index contributed by atoms with van der Waals surface area (Å²) >= 11 is 0. The lowest BCUT2D eigenvalue weighted by Crippen LogP contribution is -2.39. The van der Waals surface area contributed by atoms with Crippen LogP contribution in [0.5, 0.6) is 5.75 Å². The van der Waals surface area contributed by atoms with Crippen LogP contribution in [-0.4, -0.2) is 28.0 Å². The Morgan fingerprint density at radius 2 is 1.72 bits per heavy atom. The second-order valence-corrected chi connectivity index (χ2v) is 9.52. The van der Waals surface area contributed by atoms with Gasteiger partial charge in [-0.1, -0.05) is 30.3 Å². The number of sulfonamides is 1. The summed E-state index contributed by atoms with van der Waals surface area (Å²) in [5.41, 5.74) is 0.220. The van der Waals surface area contributed by atoms with Gasteiger partial charge in [-0.05, 0) is 55.0 Å². The van der Waals surface area contributed by atoms with Gasteiger partial charge in [0.2, 0.25) is 5.91 Å². The number of benzene rings is 3. The molecule has 0 atom stereocenters. The van der Waals surface area contributed by atoms with E-state index in [-0.39, 0.29) is 17.4 Å². The van der Waals surface area contributed by atoms with Gasteiger partial charge in [-0.25, -0.2) is 8.42 Å². The van der Waals surface area contributed by atoms with E-state index in [0.29, 0.717) is 17.1 Å². The van der Waals surface area contributed by atoms with Crippen molar-refractivity contribution in [1.29, 1.82) is 0 Å². The monoisotopic (exact) mass is 410 g/mol. The highest BCUT2D eigenvalue weighted by molar-refractivity contribution is 7.92. The first kappa shape index (κ1) is 19.3. The Labute approximate surface area is 170 Å². The van der Waals surface area contributed by atoms with Crippen LogP contribution in [0.15, 0.2) is 65.6 Å². The quantitative estimate of drug-likeness (QED) is 0.708. The Morgan fingerprint density at radius 3 is 2.48 bits per heavy atom. The van der Waals surface area contributed by atoms with E-state index in [0.717, 1.165) is 10.8 Å². The van der Waals surface area contributed by atoms with Crippen LogP contribution in [0.3, 0.4) is 0 Å². The Kier molecular flexibility index (Phi) is 4.50. The second-order valence-electron chi connectivity index (χ2n) is 7.83. The molecule has 1 amide bonds. The zero-order valence-corrected chi connectivity index (χ0v) is 17.3. The van der Waals surface area contributed by atoms with Crippen LogP contribution in [0.1, 0.15) is 13.8 Å². The van der Waals surface area contributed by atoms with E-state index < -0.39 is 15.4 Å². The first-order valence-electron chi connectivity index (χ1n) is 9.24. The van der Waals surface area contributed by atoms with Gasteiger partial charge >= 0.3 is 0 Å². The zero-order valence-electron chi connectivity index (χ0n) is 16.5. The van der Waals surface area contributed by atoms with Gasteiger partial charge in [0.15, 0.2) is 0 Å². The molecule has 0 aliphatic carbocycles. The van der Waals surface area contributed by atoms with Crippen molar-refractivity contribution in [3.63, 3.8) is 0 Å². The molecule has 7 heteroatoms. The molecule has 1 heterocycles. The number of carbonyl (C=O) groups is 1. The summed E-state index contributed by atoms with van der Waals surface area (Å²) in [6, 6.07) is 17.5. The van der Waals surface area contributed by atoms with Crippen molar-refractivity contribution in [3.05, 3.63) is 60.7 Å². The SMILES string of the molecule is CN1C(=O)C(C)(C)COc2ccc(NS(=O)(=O)c3ccc4ccccc4c3)cc21. The van der Waals surface area contributed by atoms with Gasteiger partial charge in [0.05, 0.1) is 21.7 Å². The molecule has 3 aromatic carbocycles. The number of ether oxygens (including phenoxy) is 1. The Hall–Kier alpha value is -3.06. The third kappa shape index (κ3) is 3.53. The van der Waals surface area contributed by atoms with Gasteiger partial charge in [-0.15, -0.1) is 0 Å².